The van der Waals surface area contributed by atoms with Gasteiger partial charge in [0.05, 0.1) is 23.8 Å². The van der Waals surface area contributed by atoms with Gasteiger partial charge in [-0.25, -0.2) is 4.79 Å². The van der Waals surface area contributed by atoms with Crippen molar-refractivity contribution in [1.29, 1.82) is 0 Å². The Bertz CT molecular complexity index is 1690. The third-order valence-corrected chi connectivity index (χ3v) is 8.84. The topological polar surface area (TPSA) is 67.0 Å². The first-order chi connectivity index (χ1) is 21.2. The maximum absolute atomic E-state index is 12.8. The Kier molecular flexibility index (Phi) is 8.92. The van der Waals surface area contributed by atoms with Crippen LogP contribution in [0.3, 0.4) is 0 Å². The molecule has 0 radical (unpaired) electrons. The summed E-state index contributed by atoms with van der Waals surface area (Å²) in [6.45, 7) is 11.3. The molecule has 3 aromatic carbocycles. The van der Waals surface area contributed by atoms with E-state index < -0.39 is 5.97 Å². The quantitative estimate of drug-likeness (QED) is 0.197. The number of ether oxygens (including phenoxy) is 3. The number of aromatic amines is 1. The van der Waals surface area contributed by atoms with Crippen molar-refractivity contribution in [2.75, 3.05) is 50.8 Å². The summed E-state index contributed by atoms with van der Waals surface area (Å²) >= 11 is 12.7. The number of carbonyl (C=O) groups is 1. The van der Waals surface area contributed by atoms with Crippen LogP contribution in [-0.2, 0) is 9.47 Å². The van der Waals surface area contributed by atoms with Gasteiger partial charge in [-0.3, -0.25) is 4.90 Å². The Labute approximate surface area is 268 Å². The Morgan fingerprint density at radius 1 is 0.977 bits per heavy atom. The molecule has 4 aromatic rings. The van der Waals surface area contributed by atoms with Crippen LogP contribution in [0.1, 0.15) is 43.1 Å². The van der Waals surface area contributed by atoms with Gasteiger partial charge in [-0.2, -0.15) is 0 Å². The lowest BCUT2D eigenvalue weighted by Gasteiger charge is -2.39. The molecule has 2 aliphatic rings. The molecular formula is C35H37Cl2N3O4. The van der Waals surface area contributed by atoms with Gasteiger partial charge in [0.1, 0.15) is 17.1 Å². The number of aromatic nitrogens is 1. The van der Waals surface area contributed by atoms with Crippen LogP contribution in [0, 0.1) is 0 Å². The number of H-pyrrole nitrogens is 1. The molecular weight excluding hydrogens is 597 g/mol. The van der Waals surface area contributed by atoms with Gasteiger partial charge in [0.15, 0.2) is 0 Å². The van der Waals surface area contributed by atoms with E-state index in [-0.39, 0.29) is 12.2 Å². The van der Waals surface area contributed by atoms with Gasteiger partial charge in [-0.15, -0.1) is 0 Å². The van der Waals surface area contributed by atoms with E-state index in [4.69, 9.17) is 37.4 Å². The van der Waals surface area contributed by atoms with Crippen LogP contribution in [0.5, 0.6) is 11.5 Å². The zero-order chi connectivity index (χ0) is 30.8. The number of rotatable bonds is 8. The van der Waals surface area contributed by atoms with Crippen LogP contribution in [0.25, 0.3) is 16.5 Å². The van der Waals surface area contributed by atoms with Crippen molar-refractivity contribution in [3.05, 3.63) is 93.6 Å². The van der Waals surface area contributed by atoms with Crippen molar-refractivity contribution in [3.8, 4) is 11.5 Å². The number of hydrogen-bond acceptors (Lipinski definition) is 6. The second-order valence-electron chi connectivity index (χ2n) is 11.9. The van der Waals surface area contributed by atoms with E-state index in [0.29, 0.717) is 28.7 Å². The summed E-state index contributed by atoms with van der Waals surface area (Å²) < 4.78 is 17.9. The van der Waals surface area contributed by atoms with Crippen LogP contribution in [0.15, 0.2) is 72.4 Å². The molecule has 0 saturated carbocycles. The lowest BCUT2D eigenvalue weighted by atomic mass is 9.87. The third-order valence-electron chi connectivity index (χ3n) is 8.30. The van der Waals surface area contributed by atoms with Gasteiger partial charge in [0.2, 0.25) is 0 Å². The minimum Gasteiger partial charge on any atom is -0.462 e. The molecule has 0 aliphatic carbocycles. The zero-order valence-corrected chi connectivity index (χ0v) is 26.8. The zero-order valence-electron chi connectivity index (χ0n) is 25.3. The average Bonchev–Trinajstić information content (AvgIpc) is 3.46. The molecule has 1 aromatic heterocycles. The molecule has 1 N–H and O–H groups in total. The first-order valence-corrected chi connectivity index (χ1v) is 15.8. The number of piperazine rings is 1. The monoisotopic (exact) mass is 633 g/mol. The van der Waals surface area contributed by atoms with Gasteiger partial charge < -0.3 is 24.1 Å². The molecule has 0 amide bonds. The SMILES string of the molecule is CCOC(=O)c1ccc(N2CCN(CC3=C(c4ccc(Cl)cc4)CC(C)(C)OC3)CC2)cc1Oc1cc2cc[nH]c2cc1Cl. The molecule has 7 nitrogen and oxygen atoms in total. The van der Waals surface area contributed by atoms with E-state index in [2.05, 4.69) is 40.8 Å². The molecule has 0 bridgehead atoms. The lowest BCUT2D eigenvalue weighted by Crippen LogP contribution is -2.47. The number of nitrogens with one attached hydrogen (secondary N) is 1. The summed E-state index contributed by atoms with van der Waals surface area (Å²) in [5.41, 5.74) is 5.95. The highest BCUT2D eigenvalue weighted by Gasteiger charge is 2.30. The second kappa shape index (κ2) is 12.9. The molecule has 2 aliphatic heterocycles. The Morgan fingerprint density at radius 3 is 2.50 bits per heavy atom. The molecule has 0 spiro atoms. The fraction of sp³-hybridized carbons (Fsp3) is 0.343. The number of hydrogen-bond donors (Lipinski definition) is 1. The normalized spacial score (nSPS) is 17.2. The number of halogens is 2. The summed E-state index contributed by atoms with van der Waals surface area (Å²) in [5, 5.41) is 2.17. The van der Waals surface area contributed by atoms with Gasteiger partial charge in [0, 0.05) is 73.0 Å². The van der Waals surface area contributed by atoms with Crippen molar-refractivity contribution in [1.82, 2.24) is 9.88 Å². The molecule has 0 atom stereocenters. The van der Waals surface area contributed by atoms with Crippen molar-refractivity contribution in [2.45, 2.75) is 32.8 Å². The number of carbonyl (C=O) groups excluding carboxylic acids is 1. The highest BCUT2D eigenvalue weighted by Crippen LogP contribution is 2.38. The minimum atomic E-state index is -0.430. The van der Waals surface area contributed by atoms with Gasteiger partial charge in [0.25, 0.3) is 0 Å². The molecule has 0 unspecified atom stereocenters. The highest BCUT2D eigenvalue weighted by molar-refractivity contribution is 6.32. The first kappa shape index (κ1) is 30.5. The predicted molar refractivity (Wildman–Crippen MR) is 177 cm³/mol. The maximum Gasteiger partial charge on any atom is 0.341 e. The smallest absolute Gasteiger partial charge is 0.341 e. The van der Waals surface area contributed by atoms with E-state index in [1.807, 2.05) is 48.7 Å². The van der Waals surface area contributed by atoms with E-state index in [1.54, 1.807) is 13.0 Å². The molecule has 6 rings (SSSR count). The van der Waals surface area contributed by atoms with E-state index in [9.17, 15) is 4.79 Å². The minimum absolute atomic E-state index is 0.204. The standard InChI is InChI=1S/C35H37Cl2N3O4/c1-4-42-34(41)28-10-9-27(18-32(28)44-33-17-24-11-12-38-31(24)19-30(33)37)40-15-13-39(14-16-40)21-25-22-43-35(2,3)20-29(25)23-5-7-26(36)8-6-23/h5-12,17-19,38H,4,13-16,20-22H2,1-3H3. The Hall–Kier alpha value is -3.49. The van der Waals surface area contributed by atoms with Gasteiger partial charge in [-0.1, -0.05) is 35.3 Å². The number of nitrogens with zero attached hydrogens (tertiary/aromatic N) is 2. The van der Waals surface area contributed by atoms with Crippen LogP contribution in [0.4, 0.5) is 5.69 Å². The summed E-state index contributed by atoms with van der Waals surface area (Å²) in [6.07, 6.45) is 2.72. The Morgan fingerprint density at radius 2 is 1.75 bits per heavy atom. The summed E-state index contributed by atoms with van der Waals surface area (Å²) in [6, 6.07) is 19.4. The molecule has 1 saturated heterocycles. The Balaban J connectivity index is 1.20. The summed E-state index contributed by atoms with van der Waals surface area (Å²) in [4.78, 5) is 20.8. The fourth-order valence-electron chi connectivity index (χ4n) is 5.92. The van der Waals surface area contributed by atoms with Crippen molar-refractivity contribution in [2.24, 2.45) is 0 Å². The number of fused-ring (bicyclic) bond motifs is 1. The fourth-order valence-corrected chi connectivity index (χ4v) is 6.25. The van der Waals surface area contributed by atoms with Crippen molar-refractivity contribution < 1.29 is 19.0 Å². The first-order valence-electron chi connectivity index (χ1n) is 15.0. The third kappa shape index (κ3) is 6.76. The maximum atomic E-state index is 12.8. The van der Waals surface area contributed by atoms with Crippen molar-refractivity contribution in [3.63, 3.8) is 0 Å². The van der Waals surface area contributed by atoms with Crippen LogP contribution >= 0.6 is 23.2 Å². The molecule has 230 valence electrons. The van der Waals surface area contributed by atoms with Crippen LogP contribution in [-0.4, -0.2) is 67.4 Å². The number of benzene rings is 3. The lowest BCUT2D eigenvalue weighted by molar-refractivity contribution is -0.0101. The number of esters is 1. The molecule has 9 heteroatoms. The molecule has 3 heterocycles. The van der Waals surface area contributed by atoms with Crippen LogP contribution < -0.4 is 9.64 Å². The van der Waals surface area contributed by atoms with E-state index in [0.717, 1.165) is 60.8 Å². The molecule has 44 heavy (non-hydrogen) atoms. The van der Waals surface area contributed by atoms with E-state index >= 15 is 0 Å². The predicted octanol–water partition coefficient (Wildman–Crippen LogP) is 8.22. The van der Waals surface area contributed by atoms with Gasteiger partial charge >= 0.3 is 5.97 Å². The summed E-state index contributed by atoms with van der Waals surface area (Å²) in [7, 11) is 0. The van der Waals surface area contributed by atoms with Crippen LogP contribution in [0.2, 0.25) is 10.0 Å². The van der Waals surface area contributed by atoms with E-state index in [1.165, 1.54) is 16.7 Å². The molecule has 1 fully saturated rings. The van der Waals surface area contributed by atoms with Crippen molar-refractivity contribution >= 4 is 51.3 Å². The summed E-state index contributed by atoms with van der Waals surface area (Å²) in [5.74, 6) is 0.467. The average molecular weight is 635 g/mol. The highest BCUT2D eigenvalue weighted by atomic mass is 35.5. The van der Waals surface area contributed by atoms with Gasteiger partial charge in [-0.05, 0) is 79.9 Å². The number of anilines is 1. The second-order valence-corrected chi connectivity index (χ2v) is 12.8. The largest absolute Gasteiger partial charge is 0.462 e.